The van der Waals surface area contributed by atoms with E-state index in [0.29, 0.717) is 31.9 Å². The number of amides is 1. The third-order valence-corrected chi connectivity index (χ3v) is 5.51. The molecular formula is C22H24F3N3O. The van der Waals surface area contributed by atoms with Crippen molar-refractivity contribution in [3.05, 3.63) is 65.7 Å². The lowest BCUT2D eigenvalue weighted by Gasteiger charge is -2.40. The van der Waals surface area contributed by atoms with E-state index in [1.54, 1.807) is 6.07 Å². The van der Waals surface area contributed by atoms with Gasteiger partial charge in [0.15, 0.2) is 0 Å². The second-order valence-electron chi connectivity index (χ2n) is 7.67. The van der Waals surface area contributed by atoms with Gasteiger partial charge in [-0.2, -0.15) is 13.2 Å². The van der Waals surface area contributed by atoms with E-state index in [-0.39, 0.29) is 18.0 Å². The SMILES string of the molecule is O=C(NC1CC1)[C@@H](c1ccccc1)N1CCN(c2cccc(C(F)(F)F)c2)CC1. The predicted molar refractivity (Wildman–Crippen MR) is 106 cm³/mol. The fraction of sp³-hybridized carbons (Fsp3) is 0.409. The summed E-state index contributed by atoms with van der Waals surface area (Å²) in [5.41, 5.74) is 0.875. The number of piperazine rings is 1. The maximum absolute atomic E-state index is 13.0. The summed E-state index contributed by atoms with van der Waals surface area (Å²) in [6.45, 7) is 2.35. The molecule has 1 amide bonds. The van der Waals surface area contributed by atoms with Gasteiger partial charge in [-0.15, -0.1) is 0 Å². The quantitative estimate of drug-likeness (QED) is 0.824. The first-order valence-corrected chi connectivity index (χ1v) is 9.93. The minimum Gasteiger partial charge on any atom is -0.369 e. The monoisotopic (exact) mass is 403 g/mol. The van der Waals surface area contributed by atoms with E-state index in [9.17, 15) is 18.0 Å². The normalized spacial score (nSPS) is 19.1. The van der Waals surface area contributed by atoms with Crippen LogP contribution in [0.25, 0.3) is 0 Å². The highest BCUT2D eigenvalue weighted by Crippen LogP contribution is 2.32. The Morgan fingerprint density at radius 3 is 2.28 bits per heavy atom. The van der Waals surface area contributed by atoms with Crippen molar-refractivity contribution in [3.63, 3.8) is 0 Å². The Hall–Kier alpha value is -2.54. The first kappa shape index (κ1) is 19.8. The van der Waals surface area contributed by atoms with E-state index in [1.807, 2.05) is 35.2 Å². The number of hydrogen-bond donors (Lipinski definition) is 1. The molecule has 1 saturated heterocycles. The average Bonchev–Trinajstić information content (AvgIpc) is 3.53. The molecule has 154 valence electrons. The Morgan fingerprint density at radius 1 is 0.966 bits per heavy atom. The second-order valence-corrected chi connectivity index (χ2v) is 7.67. The van der Waals surface area contributed by atoms with Gasteiger partial charge in [-0.25, -0.2) is 0 Å². The number of anilines is 1. The van der Waals surface area contributed by atoms with Crippen molar-refractivity contribution < 1.29 is 18.0 Å². The van der Waals surface area contributed by atoms with Crippen LogP contribution in [0.5, 0.6) is 0 Å². The largest absolute Gasteiger partial charge is 0.416 e. The Kier molecular flexibility index (Phi) is 5.50. The summed E-state index contributed by atoms with van der Waals surface area (Å²) in [5.74, 6) is 0.00576. The standard InChI is InChI=1S/C22H24F3N3O/c23-22(24,25)17-7-4-8-19(15-17)27-11-13-28(14-12-27)20(16-5-2-1-3-6-16)21(29)26-18-9-10-18/h1-8,15,18,20H,9-14H2,(H,26,29)/t20-/m1/s1. The average molecular weight is 403 g/mol. The Labute approximate surface area is 168 Å². The van der Waals surface area contributed by atoms with Gasteiger partial charge in [0.2, 0.25) is 5.91 Å². The van der Waals surface area contributed by atoms with Crippen molar-refractivity contribution in [2.75, 3.05) is 31.1 Å². The zero-order valence-electron chi connectivity index (χ0n) is 16.0. The van der Waals surface area contributed by atoms with Gasteiger partial charge >= 0.3 is 6.18 Å². The van der Waals surface area contributed by atoms with Crippen molar-refractivity contribution in [3.8, 4) is 0 Å². The lowest BCUT2D eigenvalue weighted by Crippen LogP contribution is -2.51. The van der Waals surface area contributed by atoms with Crippen LogP contribution < -0.4 is 10.2 Å². The smallest absolute Gasteiger partial charge is 0.369 e. The van der Waals surface area contributed by atoms with Crippen LogP contribution in [-0.4, -0.2) is 43.0 Å². The molecule has 4 nitrogen and oxygen atoms in total. The van der Waals surface area contributed by atoms with Crippen LogP contribution in [0.15, 0.2) is 54.6 Å². The van der Waals surface area contributed by atoms with Gasteiger partial charge in [0.1, 0.15) is 6.04 Å². The first-order chi connectivity index (χ1) is 13.9. The maximum atomic E-state index is 13.0. The van der Waals surface area contributed by atoms with Crippen molar-refractivity contribution in [2.45, 2.75) is 31.1 Å². The number of nitrogens with zero attached hydrogens (tertiary/aromatic N) is 2. The van der Waals surface area contributed by atoms with E-state index in [2.05, 4.69) is 10.2 Å². The van der Waals surface area contributed by atoms with Gasteiger partial charge in [-0.1, -0.05) is 36.4 Å². The van der Waals surface area contributed by atoms with Crippen molar-refractivity contribution in [1.29, 1.82) is 0 Å². The molecule has 0 unspecified atom stereocenters. The molecular weight excluding hydrogens is 379 g/mol. The zero-order valence-corrected chi connectivity index (χ0v) is 16.0. The maximum Gasteiger partial charge on any atom is 0.416 e. The Morgan fingerprint density at radius 2 is 1.66 bits per heavy atom. The molecule has 1 aliphatic heterocycles. The molecule has 1 atom stereocenters. The van der Waals surface area contributed by atoms with Gasteiger partial charge in [0, 0.05) is 37.9 Å². The molecule has 0 aromatic heterocycles. The summed E-state index contributed by atoms with van der Waals surface area (Å²) in [6.07, 6.45) is -2.30. The molecule has 2 aromatic carbocycles. The Balaban J connectivity index is 1.47. The summed E-state index contributed by atoms with van der Waals surface area (Å²) >= 11 is 0. The fourth-order valence-corrected chi connectivity index (χ4v) is 3.79. The van der Waals surface area contributed by atoms with Gasteiger partial charge in [0.25, 0.3) is 0 Å². The van der Waals surface area contributed by atoms with Gasteiger partial charge in [0.05, 0.1) is 5.56 Å². The van der Waals surface area contributed by atoms with E-state index < -0.39 is 11.7 Å². The molecule has 4 rings (SSSR count). The molecule has 2 aromatic rings. The lowest BCUT2D eigenvalue weighted by atomic mass is 10.0. The van der Waals surface area contributed by atoms with Crippen LogP contribution in [0.3, 0.4) is 0 Å². The van der Waals surface area contributed by atoms with Crippen molar-refractivity contribution >= 4 is 11.6 Å². The second kappa shape index (κ2) is 8.06. The zero-order chi connectivity index (χ0) is 20.4. The van der Waals surface area contributed by atoms with Crippen LogP contribution in [0, 0.1) is 0 Å². The van der Waals surface area contributed by atoms with Gasteiger partial charge in [-0.05, 0) is 36.6 Å². The molecule has 2 fully saturated rings. The number of halogens is 3. The van der Waals surface area contributed by atoms with Gasteiger partial charge in [-0.3, -0.25) is 9.69 Å². The molecule has 0 radical (unpaired) electrons. The van der Waals surface area contributed by atoms with Crippen LogP contribution in [0.4, 0.5) is 18.9 Å². The van der Waals surface area contributed by atoms with E-state index in [1.165, 1.54) is 12.1 Å². The molecule has 29 heavy (non-hydrogen) atoms. The molecule has 0 bridgehead atoms. The topological polar surface area (TPSA) is 35.6 Å². The van der Waals surface area contributed by atoms with E-state index in [0.717, 1.165) is 24.5 Å². The number of benzene rings is 2. The van der Waals surface area contributed by atoms with Crippen LogP contribution >= 0.6 is 0 Å². The summed E-state index contributed by atoms with van der Waals surface area (Å²) in [4.78, 5) is 17.0. The molecule has 1 N–H and O–H groups in total. The molecule has 7 heteroatoms. The highest BCUT2D eigenvalue weighted by atomic mass is 19.4. The number of carbonyl (C=O) groups excluding carboxylic acids is 1. The number of carbonyl (C=O) groups is 1. The minimum atomic E-state index is -4.35. The molecule has 0 spiro atoms. The van der Waals surface area contributed by atoms with Crippen molar-refractivity contribution in [1.82, 2.24) is 10.2 Å². The van der Waals surface area contributed by atoms with Gasteiger partial charge < -0.3 is 10.2 Å². The summed E-state index contributed by atoms with van der Waals surface area (Å²) in [6, 6.07) is 15.0. The third kappa shape index (κ3) is 4.72. The van der Waals surface area contributed by atoms with Crippen LogP contribution in [0.1, 0.15) is 30.0 Å². The van der Waals surface area contributed by atoms with Crippen molar-refractivity contribution in [2.24, 2.45) is 0 Å². The third-order valence-electron chi connectivity index (χ3n) is 5.51. The minimum absolute atomic E-state index is 0.00576. The number of alkyl halides is 3. The number of hydrogen-bond acceptors (Lipinski definition) is 3. The molecule has 1 saturated carbocycles. The summed E-state index contributed by atoms with van der Waals surface area (Å²) < 4.78 is 39.1. The lowest BCUT2D eigenvalue weighted by molar-refractivity contribution is -0.137. The van der Waals surface area contributed by atoms with Crippen LogP contribution in [-0.2, 0) is 11.0 Å². The fourth-order valence-electron chi connectivity index (χ4n) is 3.79. The van der Waals surface area contributed by atoms with E-state index in [4.69, 9.17) is 0 Å². The van der Waals surface area contributed by atoms with Crippen LogP contribution in [0.2, 0.25) is 0 Å². The molecule has 2 aliphatic rings. The molecule has 1 heterocycles. The summed E-state index contributed by atoms with van der Waals surface area (Å²) in [5, 5.41) is 3.10. The first-order valence-electron chi connectivity index (χ1n) is 9.93. The van der Waals surface area contributed by atoms with E-state index >= 15 is 0 Å². The number of nitrogens with one attached hydrogen (secondary N) is 1. The Bertz CT molecular complexity index is 844. The highest BCUT2D eigenvalue weighted by molar-refractivity contribution is 5.83. The predicted octanol–water partition coefficient (Wildman–Crippen LogP) is 3.85. The molecule has 1 aliphatic carbocycles. The number of rotatable bonds is 5. The summed E-state index contributed by atoms with van der Waals surface area (Å²) in [7, 11) is 0. The highest BCUT2D eigenvalue weighted by Gasteiger charge is 2.34.